The van der Waals surface area contributed by atoms with Crippen LogP contribution in [0.2, 0.25) is 0 Å². The number of methoxy groups -OCH3 is 1. The highest BCUT2D eigenvalue weighted by molar-refractivity contribution is 5.45. The van der Waals surface area contributed by atoms with Gasteiger partial charge in [-0.15, -0.1) is 0 Å². The molecule has 5 rings (SSSR count). The Bertz CT molecular complexity index is 908. The van der Waals surface area contributed by atoms with Gasteiger partial charge in [0.1, 0.15) is 11.5 Å². The Morgan fingerprint density at radius 3 is 2.86 bits per heavy atom. The third-order valence-electron chi connectivity index (χ3n) is 8.15. The van der Waals surface area contributed by atoms with Crippen LogP contribution in [-0.4, -0.2) is 36.2 Å². The van der Waals surface area contributed by atoms with Crippen molar-refractivity contribution in [2.75, 3.05) is 20.2 Å². The fraction of sp³-hybridized carbons (Fsp3) is 0.538. The van der Waals surface area contributed by atoms with Crippen LogP contribution in [0, 0.1) is 12.8 Å². The minimum atomic E-state index is 0.307. The largest absolute Gasteiger partial charge is 0.508 e. The first kappa shape index (κ1) is 19.0. The van der Waals surface area contributed by atoms with Crippen LogP contribution in [-0.2, 0) is 18.3 Å². The first-order chi connectivity index (χ1) is 14.1. The number of fused-ring (bicyclic) bond motifs is 1. The van der Waals surface area contributed by atoms with Crippen molar-refractivity contribution in [2.24, 2.45) is 5.92 Å². The van der Waals surface area contributed by atoms with Gasteiger partial charge in [-0.3, -0.25) is 4.90 Å². The number of phenols is 1. The molecular weight excluding hydrogens is 358 g/mol. The van der Waals surface area contributed by atoms with Crippen molar-refractivity contribution < 1.29 is 9.84 Å². The summed E-state index contributed by atoms with van der Waals surface area (Å²) in [5.74, 6) is 2.14. The fourth-order valence-electron chi connectivity index (χ4n) is 6.69. The Morgan fingerprint density at radius 1 is 1.14 bits per heavy atom. The summed E-state index contributed by atoms with van der Waals surface area (Å²) in [5, 5.41) is 10.2. The molecule has 1 aliphatic heterocycles. The fourth-order valence-corrected chi connectivity index (χ4v) is 6.69. The van der Waals surface area contributed by atoms with Gasteiger partial charge in [-0.05, 0) is 98.0 Å². The summed E-state index contributed by atoms with van der Waals surface area (Å²) in [4.78, 5) is 2.79. The average molecular weight is 392 g/mol. The van der Waals surface area contributed by atoms with E-state index in [4.69, 9.17) is 4.74 Å². The second-order valence-electron chi connectivity index (χ2n) is 9.45. The Morgan fingerprint density at radius 2 is 2.03 bits per heavy atom. The molecule has 2 bridgehead atoms. The third-order valence-corrected chi connectivity index (χ3v) is 8.15. The van der Waals surface area contributed by atoms with Gasteiger partial charge >= 0.3 is 0 Å². The number of aryl methyl sites for hydroxylation is 1. The maximum Gasteiger partial charge on any atom is 0.119 e. The van der Waals surface area contributed by atoms with Gasteiger partial charge in [0.15, 0.2) is 0 Å². The summed E-state index contributed by atoms with van der Waals surface area (Å²) in [6.45, 7) is 4.52. The zero-order valence-corrected chi connectivity index (χ0v) is 17.8. The molecule has 0 unspecified atom stereocenters. The van der Waals surface area contributed by atoms with E-state index in [9.17, 15) is 5.11 Å². The lowest BCUT2D eigenvalue weighted by Gasteiger charge is -2.59. The van der Waals surface area contributed by atoms with Gasteiger partial charge in [0.25, 0.3) is 0 Å². The minimum absolute atomic E-state index is 0.307. The van der Waals surface area contributed by atoms with Crippen LogP contribution in [0.1, 0.15) is 54.4 Å². The number of rotatable bonds is 4. The number of ether oxygens (including phenoxy) is 1. The topological polar surface area (TPSA) is 32.7 Å². The molecule has 2 aromatic carbocycles. The minimum Gasteiger partial charge on any atom is -0.508 e. The number of hydrogen-bond donors (Lipinski definition) is 1. The number of likely N-dealkylation sites (tertiary alicyclic amines) is 1. The second kappa shape index (κ2) is 7.36. The molecule has 2 aromatic rings. The standard InChI is InChI=1S/C26H33NO2/c1-18-15-22(29-2)9-7-19(18)10-13-27-14-12-26-11-4-3-5-23(26)25(27)16-20-6-8-21(28)17-24(20)26/h6-9,15,17,23,25,28H,3-5,10-14,16H2,1-2H3/t23-,25+,26+/m0/s1. The van der Waals surface area contributed by atoms with Crippen molar-refractivity contribution >= 4 is 0 Å². The molecule has 154 valence electrons. The molecular formula is C26H33NO2. The summed E-state index contributed by atoms with van der Waals surface area (Å²) >= 11 is 0. The molecule has 1 N–H and O–H groups in total. The van der Waals surface area contributed by atoms with Crippen LogP contribution in [0.5, 0.6) is 11.5 Å². The van der Waals surface area contributed by atoms with Crippen molar-refractivity contribution in [3.05, 3.63) is 58.7 Å². The van der Waals surface area contributed by atoms with Crippen molar-refractivity contribution in [1.82, 2.24) is 4.90 Å². The van der Waals surface area contributed by atoms with Crippen molar-refractivity contribution in [3.8, 4) is 11.5 Å². The van der Waals surface area contributed by atoms with Crippen molar-refractivity contribution in [3.63, 3.8) is 0 Å². The number of hydrogen-bond acceptors (Lipinski definition) is 3. The van der Waals surface area contributed by atoms with Crippen LogP contribution in [0.4, 0.5) is 0 Å². The molecule has 3 aliphatic rings. The normalized spacial score (nSPS) is 28.5. The van der Waals surface area contributed by atoms with Crippen LogP contribution >= 0.6 is 0 Å². The molecule has 3 nitrogen and oxygen atoms in total. The first-order valence-electron chi connectivity index (χ1n) is 11.3. The van der Waals surface area contributed by atoms with E-state index in [1.54, 1.807) is 7.11 Å². The number of benzene rings is 2. The smallest absolute Gasteiger partial charge is 0.119 e. The Labute approximate surface area is 174 Å². The number of piperidine rings is 1. The zero-order chi connectivity index (χ0) is 20.0. The average Bonchev–Trinajstić information content (AvgIpc) is 2.74. The summed E-state index contributed by atoms with van der Waals surface area (Å²) in [6, 6.07) is 13.3. The van der Waals surface area contributed by atoms with Gasteiger partial charge in [-0.1, -0.05) is 25.0 Å². The van der Waals surface area contributed by atoms with E-state index in [1.165, 1.54) is 60.9 Å². The van der Waals surface area contributed by atoms with Gasteiger partial charge < -0.3 is 9.84 Å². The van der Waals surface area contributed by atoms with E-state index in [1.807, 2.05) is 6.07 Å². The third kappa shape index (κ3) is 3.15. The lowest BCUT2D eigenvalue weighted by atomic mass is 9.52. The van der Waals surface area contributed by atoms with Crippen molar-refractivity contribution in [2.45, 2.75) is 63.3 Å². The van der Waals surface area contributed by atoms with E-state index in [0.717, 1.165) is 31.1 Å². The van der Waals surface area contributed by atoms with E-state index in [-0.39, 0.29) is 0 Å². The molecule has 29 heavy (non-hydrogen) atoms. The molecule has 1 saturated heterocycles. The highest BCUT2D eigenvalue weighted by atomic mass is 16.5. The van der Waals surface area contributed by atoms with Gasteiger partial charge in [0, 0.05) is 18.0 Å². The first-order valence-corrected chi connectivity index (χ1v) is 11.3. The Hall–Kier alpha value is -2.00. The molecule has 0 radical (unpaired) electrons. The predicted molar refractivity (Wildman–Crippen MR) is 117 cm³/mol. The Balaban J connectivity index is 1.40. The molecule has 0 amide bonds. The van der Waals surface area contributed by atoms with Gasteiger partial charge in [-0.2, -0.15) is 0 Å². The molecule has 1 heterocycles. The van der Waals surface area contributed by atoms with Crippen LogP contribution in [0.25, 0.3) is 0 Å². The molecule has 2 aliphatic carbocycles. The lowest BCUT2D eigenvalue weighted by molar-refractivity contribution is -0.0107. The molecule has 2 fully saturated rings. The molecule has 0 spiro atoms. The van der Waals surface area contributed by atoms with E-state index < -0.39 is 0 Å². The van der Waals surface area contributed by atoms with Crippen molar-refractivity contribution in [1.29, 1.82) is 0 Å². The van der Waals surface area contributed by atoms with Gasteiger partial charge in [-0.25, -0.2) is 0 Å². The second-order valence-corrected chi connectivity index (χ2v) is 9.45. The van der Waals surface area contributed by atoms with Crippen LogP contribution in [0.3, 0.4) is 0 Å². The summed E-state index contributed by atoms with van der Waals surface area (Å²) < 4.78 is 5.37. The summed E-state index contributed by atoms with van der Waals surface area (Å²) in [6.07, 6.45) is 8.84. The molecule has 0 aromatic heterocycles. The monoisotopic (exact) mass is 391 g/mol. The summed E-state index contributed by atoms with van der Waals surface area (Å²) in [7, 11) is 1.74. The molecule has 3 atom stereocenters. The predicted octanol–water partition coefficient (Wildman–Crippen LogP) is 5.01. The quantitative estimate of drug-likeness (QED) is 0.795. The SMILES string of the molecule is COc1ccc(CCN2CC[C@]34CCCC[C@H]3[C@H]2Cc2ccc(O)cc24)c(C)c1. The molecule has 3 heteroatoms. The highest BCUT2D eigenvalue weighted by Gasteiger charge is 2.53. The Kier molecular flexibility index (Phi) is 4.82. The van der Waals surface area contributed by atoms with E-state index in [0.29, 0.717) is 17.2 Å². The van der Waals surface area contributed by atoms with Gasteiger partial charge in [0.2, 0.25) is 0 Å². The maximum atomic E-state index is 10.2. The number of aromatic hydroxyl groups is 1. The van der Waals surface area contributed by atoms with Gasteiger partial charge in [0.05, 0.1) is 7.11 Å². The zero-order valence-electron chi connectivity index (χ0n) is 17.8. The van der Waals surface area contributed by atoms with Crippen LogP contribution in [0.15, 0.2) is 36.4 Å². The number of phenolic OH excluding ortho intramolecular Hbond substituents is 1. The van der Waals surface area contributed by atoms with Crippen LogP contribution < -0.4 is 4.74 Å². The van der Waals surface area contributed by atoms with E-state index >= 15 is 0 Å². The maximum absolute atomic E-state index is 10.2. The lowest BCUT2D eigenvalue weighted by Crippen LogP contribution is -2.61. The molecule has 1 saturated carbocycles. The number of nitrogens with zero attached hydrogens (tertiary/aromatic N) is 1. The van der Waals surface area contributed by atoms with E-state index in [2.05, 4.69) is 42.2 Å². The highest BCUT2D eigenvalue weighted by Crippen LogP contribution is 2.56. The summed E-state index contributed by atoms with van der Waals surface area (Å²) in [5.41, 5.74) is 6.03.